The minimum absolute atomic E-state index is 0.183. The van der Waals surface area contributed by atoms with Crippen LogP contribution in [0.5, 0.6) is 0 Å². The van der Waals surface area contributed by atoms with Gasteiger partial charge >= 0.3 is 0 Å². The minimum Gasteiger partial charge on any atom is -0.294 e. The topological polar surface area (TPSA) is 17.1 Å². The molecule has 0 amide bonds. The molecule has 2 rings (SSSR count). The first-order valence-electron chi connectivity index (χ1n) is 5.12. The third kappa shape index (κ3) is 1.37. The lowest BCUT2D eigenvalue weighted by atomic mass is 9.77. The van der Waals surface area contributed by atoms with Crippen molar-refractivity contribution in [1.82, 2.24) is 0 Å². The summed E-state index contributed by atoms with van der Waals surface area (Å²) in [5.74, 6) is 0.701. The molecule has 0 radical (unpaired) electrons. The number of ketones is 1. The van der Waals surface area contributed by atoms with Gasteiger partial charge in [-0.1, -0.05) is 45.0 Å². The smallest absolute Gasteiger partial charge is 0.163 e. The highest BCUT2D eigenvalue weighted by Crippen LogP contribution is 2.44. The van der Waals surface area contributed by atoms with Crippen LogP contribution in [-0.2, 0) is 0 Å². The Morgan fingerprint density at radius 3 is 2.50 bits per heavy atom. The molecule has 1 atom stereocenters. The fraction of sp³-hybridized carbons (Fsp3) is 0.462. The fourth-order valence-corrected chi connectivity index (χ4v) is 2.23. The van der Waals surface area contributed by atoms with Crippen LogP contribution >= 0.6 is 0 Å². The predicted molar refractivity (Wildman–Crippen MR) is 57.6 cm³/mol. The molecule has 74 valence electrons. The molecule has 14 heavy (non-hydrogen) atoms. The first-order valence-corrected chi connectivity index (χ1v) is 5.12. The molecule has 1 heteroatoms. The fourth-order valence-electron chi connectivity index (χ4n) is 2.23. The van der Waals surface area contributed by atoms with Gasteiger partial charge < -0.3 is 0 Å². The van der Waals surface area contributed by atoms with E-state index >= 15 is 0 Å². The van der Waals surface area contributed by atoms with Gasteiger partial charge in [0.15, 0.2) is 5.78 Å². The van der Waals surface area contributed by atoms with Gasteiger partial charge in [0.25, 0.3) is 0 Å². The molecule has 1 aromatic carbocycles. The van der Waals surface area contributed by atoms with Crippen LogP contribution in [0.3, 0.4) is 0 Å². The van der Waals surface area contributed by atoms with Gasteiger partial charge in [-0.2, -0.15) is 0 Å². The summed E-state index contributed by atoms with van der Waals surface area (Å²) in [6.07, 6.45) is 0.683. The molecule has 0 fully saturated rings. The molecule has 0 saturated heterocycles. The van der Waals surface area contributed by atoms with E-state index in [1.807, 2.05) is 18.2 Å². The van der Waals surface area contributed by atoms with Crippen LogP contribution in [0.25, 0.3) is 0 Å². The van der Waals surface area contributed by atoms with E-state index in [-0.39, 0.29) is 5.41 Å². The molecule has 0 bridgehead atoms. The van der Waals surface area contributed by atoms with E-state index in [9.17, 15) is 4.79 Å². The zero-order valence-electron chi connectivity index (χ0n) is 9.00. The Bertz CT molecular complexity index is 371. The van der Waals surface area contributed by atoms with Crippen molar-refractivity contribution >= 4 is 5.78 Å². The summed E-state index contributed by atoms with van der Waals surface area (Å²) in [4.78, 5) is 11.7. The maximum atomic E-state index is 11.7. The van der Waals surface area contributed by atoms with Crippen molar-refractivity contribution in [2.45, 2.75) is 33.1 Å². The molecular weight excluding hydrogens is 172 g/mol. The largest absolute Gasteiger partial charge is 0.294 e. The van der Waals surface area contributed by atoms with E-state index in [4.69, 9.17) is 0 Å². The van der Waals surface area contributed by atoms with Gasteiger partial charge in [-0.15, -0.1) is 0 Å². The van der Waals surface area contributed by atoms with Gasteiger partial charge in [0.1, 0.15) is 0 Å². The Kier molecular flexibility index (Phi) is 1.99. The van der Waals surface area contributed by atoms with Gasteiger partial charge in [-0.25, -0.2) is 0 Å². The number of carbonyl (C=O) groups excluding carboxylic acids is 1. The monoisotopic (exact) mass is 188 g/mol. The number of fused-ring (bicyclic) bond motifs is 1. The first kappa shape index (κ1) is 9.45. The number of hydrogen-bond donors (Lipinski definition) is 0. The van der Waals surface area contributed by atoms with Crippen molar-refractivity contribution in [3.8, 4) is 0 Å². The quantitative estimate of drug-likeness (QED) is 0.609. The van der Waals surface area contributed by atoms with Crippen LogP contribution in [0, 0.1) is 5.41 Å². The van der Waals surface area contributed by atoms with Crippen molar-refractivity contribution in [2.24, 2.45) is 5.41 Å². The molecule has 0 aromatic heterocycles. The van der Waals surface area contributed by atoms with Crippen molar-refractivity contribution in [3.05, 3.63) is 35.4 Å². The van der Waals surface area contributed by atoms with Gasteiger partial charge in [0.05, 0.1) is 0 Å². The Morgan fingerprint density at radius 2 is 1.86 bits per heavy atom. The number of carbonyl (C=O) groups is 1. The highest BCUT2D eigenvalue weighted by atomic mass is 16.1. The third-order valence-electron chi connectivity index (χ3n) is 3.07. The van der Waals surface area contributed by atoms with Crippen LogP contribution < -0.4 is 0 Å². The second-order valence-corrected chi connectivity index (χ2v) is 5.13. The maximum Gasteiger partial charge on any atom is 0.163 e. The predicted octanol–water partition coefficient (Wildman–Crippen LogP) is 3.40. The average Bonchev–Trinajstić information content (AvgIpc) is 2.44. The summed E-state index contributed by atoms with van der Waals surface area (Å²) in [7, 11) is 0. The molecule has 0 spiro atoms. The van der Waals surface area contributed by atoms with Gasteiger partial charge in [-0.05, 0) is 16.9 Å². The third-order valence-corrected chi connectivity index (χ3v) is 3.07. The van der Waals surface area contributed by atoms with Crippen LogP contribution in [0.1, 0.15) is 49.0 Å². The van der Waals surface area contributed by atoms with Crippen molar-refractivity contribution in [1.29, 1.82) is 0 Å². The summed E-state index contributed by atoms with van der Waals surface area (Å²) < 4.78 is 0. The number of hydrogen-bond acceptors (Lipinski definition) is 1. The first-order chi connectivity index (χ1) is 6.50. The van der Waals surface area contributed by atoms with E-state index in [1.54, 1.807) is 0 Å². The molecule has 1 aliphatic carbocycles. The average molecular weight is 188 g/mol. The molecule has 0 heterocycles. The number of rotatable bonds is 0. The molecule has 1 nitrogen and oxygen atoms in total. The summed E-state index contributed by atoms with van der Waals surface area (Å²) in [5, 5.41) is 0. The van der Waals surface area contributed by atoms with Gasteiger partial charge in [0.2, 0.25) is 0 Å². The van der Waals surface area contributed by atoms with E-state index in [2.05, 4.69) is 26.8 Å². The zero-order chi connectivity index (χ0) is 10.3. The van der Waals surface area contributed by atoms with Gasteiger partial charge in [0, 0.05) is 12.0 Å². The van der Waals surface area contributed by atoms with Crippen LogP contribution in [0.15, 0.2) is 24.3 Å². The lowest BCUT2D eigenvalue weighted by Crippen LogP contribution is -2.16. The molecular formula is C13H16O. The summed E-state index contributed by atoms with van der Waals surface area (Å²) in [6.45, 7) is 6.60. The molecule has 0 aliphatic heterocycles. The molecule has 1 aromatic rings. The van der Waals surface area contributed by atoms with E-state index in [0.29, 0.717) is 18.1 Å². The summed E-state index contributed by atoms with van der Waals surface area (Å²) in [6, 6.07) is 8.01. The van der Waals surface area contributed by atoms with Crippen molar-refractivity contribution in [3.63, 3.8) is 0 Å². The minimum atomic E-state index is 0.183. The lowest BCUT2D eigenvalue weighted by Gasteiger charge is -2.27. The van der Waals surface area contributed by atoms with Crippen molar-refractivity contribution < 1.29 is 4.79 Å². The Balaban J connectivity index is 2.50. The summed E-state index contributed by atoms with van der Waals surface area (Å²) >= 11 is 0. The standard InChI is InChI=1S/C13H16O/c1-13(2,3)11-8-12(14)10-7-5-4-6-9(10)11/h4-7,11H,8H2,1-3H3. The Labute approximate surface area is 85.1 Å². The lowest BCUT2D eigenvalue weighted by molar-refractivity contribution is 0.0975. The van der Waals surface area contributed by atoms with Crippen LogP contribution in [-0.4, -0.2) is 5.78 Å². The highest BCUT2D eigenvalue weighted by Gasteiger charge is 2.36. The molecule has 0 saturated carbocycles. The molecule has 1 aliphatic rings. The molecule has 0 N–H and O–H groups in total. The maximum absolute atomic E-state index is 11.7. The van der Waals surface area contributed by atoms with Gasteiger partial charge in [-0.3, -0.25) is 4.79 Å². The van der Waals surface area contributed by atoms with E-state index in [0.717, 1.165) is 5.56 Å². The number of benzene rings is 1. The van der Waals surface area contributed by atoms with Crippen LogP contribution in [0.2, 0.25) is 0 Å². The normalized spacial score (nSPS) is 21.1. The summed E-state index contributed by atoms with van der Waals surface area (Å²) in [5.41, 5.74) is 2.36. The highest BCUT2D eigenvalue weighted by molar-refractivity contribution is 6.01. The SMILES string of the molecule is CC(C)(C)C1CC(=O)c2ccccc21. The van der Waals surface area contributed by atoms with E-state index in [1.165, 1.54) is 5.56 Å². The second-order valence-electron chi connectivity index (χ2n) is 5.13. The van der Waals surface area contributed by atoms with E-state index < -0.39 is 0 Å². The Morgan fingerprint density at radius 1 is 1.21 bits per heavy atom. The van der Waals surface area contributed by atoms with Crippen molar-refractivity contribution in [2.75, 3.05) is 0 Å². The second kappa shape index (κ2) is 2.94. The zero-order valence-corrected chi connectivity index (χ0v) is 9.00. The van der Waals surface area contributed by atoms with Crippen LogP contribution in [0.4, 0.5) is 0 Å². The Hall–Kier alpha value is -1.11. The molecule has 1 unspecified atom stereocenters. The number of Topliss-reactive ketones (excluding diaryl/α,β-unsaturated/α-hetero) is 1.